The first-order valence-corrected chi connectivity index (χ1v) is 8.09. The van der Waals surface area contributed by atoms with Crippen molar-refractivity contribution in [1.82, 2.24) is 15.2 Å². The van der Waals surface area contributed by atoms with E-state index in [2.05, 4.69) is 29.0 Å². The van der Waals surface area contributed by atoms with Gasteiger partial charge >= 0.3 is 0 Å². The number of nitrogens with one attached hydrogen (secondary N) is 1. The molecule has 1 aromatic rings. The number of aromatic nitrogens is 1. The average Bonchev–Trinajstić information content (AvgIpc) is 2.91. The smallest absolute Gasteiger partial charge is 0.252 e. The molecule has 122 valence electrons. The van der Waals surface area contributed by atoms with Crippen LogP contribution in [0.2, 0.25) is 0 Å². The summed E-state index contributed by atoms with van der Waals surface area (Å²) in [6.45, 7) is 8.65. The second kappa shape index (κ2) is 7.58. The molecule has 1 N–H and O–H groups in total. The molecule has 1 fully saturated rings. The molecule has 5 nitrogen and oxygen atoms in total. The maximum Gasteiger partial charge on any atom is 0.252 e. The highest BCUT2D eigenvalue weighted by molar-refractivity contribution is 5.94. The summed E-state index contributed by atoms with van der Waals surface area (Å²) in [4.78, 5) is 20.9. The number of carbonyl (C=O) groups is 1. The lowest BCUT2D eigenvalue weighted by Crippen LogP contribution is -2.32. The standard InChI is InChI=1S/C17H28N4O/c1-13(2)11-21-8-7-14(12-21)9-19-17(22)15-5-6-16(18-10-15)20(3)4/h5-6,10,13-14H,7-9,11-12H2,1-4H3,(H,19,22). The molecule has 2 rings (SSSR count). The summed E-state index contributed by atoms with van der Waals surface area (Å²) in [6.07, 6.45) is 2.81. The maximum atomic E-state index is 12.2. The molecule has 0 aromatic carbocycles. The Morgan fingerprint density at radius 3 is 2.82 bits per heavy atom. The molecule has 1 aromatic heterocycles. The SMILES string of the molecule is CC(C)CN1CCC(CNC(=O)c2ccc(N(C)C)nc2)C1. The average molecular weight is 304 g/mol. The van der Waals surface area contributed by atoms with Gasteiger partial charge in [-0.25, -0.2) is 4.98 Å². The molecule has 1 amide bonds. The molecule has 0 bridgehead atoms. The summed E-state index contributed by atoms with van der Waals surface area (Å²) in [5.74, 6) is 2.10. The summed E-state index contributed by atoms with van der Waals surface area (Å²) in [6, 6.07) is 3.70. The number of pyridine rings is 1. The third kappa shape index (κ3) is 4.70. The fourth-order valence-corrected chi connectivity index (χ4v) is 2.89. The molecule has 1 saturated heterocycles. The van der Waals surface area contributed by atoms with Crippen LogP contribution < -0.4 is 10.2 Å². The van der Waals surface area contributed by atoms with E-state index in [-0.39, 0.29) is 5.91 Å². The highest BCUT2D eigenvalue weighted by Crippen LogP contribution is 2.17. The number of anilines is 1. The summed E-state index contributed by atoms with van der Waals surface area (Å²) >= 11 is 0. The van der Waals surface area contributed by atoms with Gasteiger partial charge in [-0.2, -0.15) is 0 Å². The van der Waals surface area contributed by atoms with Crippen molar-refractivity contribution in [2.45, 2.75) is 20.3 Å². The lowest BCUT2D eigenvalue weighted by molar-refractivity contribution is 0.0947. The van der Waals surface area contributed by atoms with Gasteiger partial charge in [0.2, 0.25) is 0 Å². The minimum absolute atomic E-state index is 0.0277. The zero-order valence-electron chi connectivity index (χ0n) is 14.2. The van der Waals surface area contributed by atoms with Crippen LogP contribution in [0.4, 0.5) is 5.82 Å². The number of likely N-dealkylation sites (tertiary alicyclic amines) is 1. The van der Waals surface area contributed by atoms with Gasteiger partial charge < -0.3 is 15.1 Å². The number of nitrogens with zero attached hydrogens (tertiary/aromatic N) is 3. The van der Waals surface area contributed by atoms with Gasteiger partial charge in [-0.05, 0) is 36.9 Å². The van der Waals surface area contributed by atoms with Crippen molar-refractivity contribution in [3.8, 4) is 0 Å². The molecular formula is C17H28N4O. The third-order valence-corrected chi connectivity index (χ3v) is 4.01. The van der Waals surface area contributed by atoms with Gasteiger partial charge in [-0.1, -0.05) is 13.8 Å². The topological polar surface area (TPSA) is 48.5 Å². The highest BCUT2D eigenvalue weighted by atomic mass is 16.1. The van der Waals surface area contributed by atoms with E-state index in [0.717, 1.165) is 32.0 Å². The monoisotopic (exact) mass is 304 g/mol. The van der Waals surface area contributed by atoms with Crippen molar-refractivity contribution >= 4 is 11.7 Å². The number of hydrogen-bond donors (Lipinski definition) is 1. The van der Waals surface area contributed by atoms with Gasteiger partial charge in [0.1, 0.15) is 5.82 Å². The van der Waals surface area contributed by atoms with Crippen LogP contribution in [-0.4, -0.2) is 56.1 Å². The van der Waals surface area contributed by atoms with E-state index < -0.39 is 0 Å². The van der Waals surface area contributed by atoms with Crippen LogP contribution >= 0.6 is 0 Å². The van der Waals surface area contributed by atoms with Crippen molar-refractivity contribution < 1.29 is 4.79 Å². The largest absolute Gasteiger partial charge is 0.363 e. The first-order valence-electron chi connectivity index (χ1n) is 8.09. The number of amides is 1. The zero-order chi connectivity index (χ0) is 16.1. The maximum absolute atomic E-state index is 12.2. The molecule has 5 heteroatoms. The van der Waals surface area contributed by atoms with Crippen LogP contribution in [0.3, 0.4) is 0 Å². The normalized spacial score (nSPS) is 18.7. The van der Waals surface area contributed by atoms with Crippen molar-refractivity contribution in [3.63, 3.8) is 0 Å². The summed E-state index contributed by atoms with van der Waals surface area (Å²) in [7, 11) is 3.87. The van der Waals surface area contributed by atoms with E-state index in [9.17, 15) is 4.79 Å². The molecule has 0 radical (unpaired) electrons. The quantitative estimate of drug-likeness (QED) is 0.871. The van der Waals surface area contributed by atoms with Crippen molar-refractivity contribution in [2.75, 3.05) is 45.2 Å². The molecular weight excluding hydrogens is 276 g/mol. The fraction of sp³-hybridized carbons (Fsp3) is 0.647. The van der Waals surface area contributed by atoms with Crippen molar-refractivity contribution in [2.24, 2.45) is 11.8 Å². The Bertz CT molecular complexity index is 484. The van der Waals surface area contributed by atoms with E-state index in [1.54, 1.807) is 6.20 Å². The van der Waals surface area contributed by atoms with Gasteiger partial charge in [-0.3, -0.25) is 4.79 Å². The molecule has 1 aliphatic heterocycles. The van der Waals surface area contributed by atoms with Crippen molar-refractivity contribution in [1.29, 1.82) is 0 Å². The first-order chi connectivity index (χ1) is 10.5. The number of rotatable bonds is 6. The Morgan fingerprint density at radius 1 is 1.45 bits per heavy atom. The first kappa shape index (κ1) is 16.7. The Hall–Kier alpha value is -1.62. The third-order valence-electron chi connectivity index (χ3n) is 4.01. The molecule has 1 atom stereocenters. The van der Waals surface area contributed by atoms with Crippen LogP contribution in [-0.2, 0) is 0 Å². The summed E-state index contributed by atoms with van der Waals surface area (Å²) in [5.41, 5.74) is 0.627. The Labute approximate surface area is 133 Å². The Morgan fingerprint density at radius 2 is 2.23 bits per heavy atom. The lowest BCUT2D eigenvalue weighted by Gasteiger charge is -2.18. The molecule has 0 aliphatic carbocycles. The van der Waals surface area contributed by atoms with Crippen LogP contribution in [0.15, 0.2) is 18.3 Å². The van der Waals surface area contributed by atoms with Gasteiger partial charge in [0, 0.05) is 39.9 Å². The Kier molecular flexibility index (Phi) is 5.77. The van der Waals surface area contributed by atoms with E-state index in [4.69, 9.17) is 0 Å². The molecule has 0 saturated carbocycles. The second-order valence-electron chi connectivity index (χ2n) is 6.82. The molecule has 1 unspecified atom stereocenters. The minimum atomic E-state index is -0.0277. The number of hydrogen-bond acceptors (Lipinski definition) is 4. The van der Waals surface area contributed by atoms with Gasteiger partial charge in [0.15, 0.2) is 0 Å². The Balaban J connectivity index is 1.78. The second-order valence-corrected chi connectivity index (χ2v) is 6.82. The van der Waals surface area contributed by atoms with Gasteiger partial charge in [0.05, 0.1) is 5.56 Å². The minimum Gasteiger partial charge on any atom is -0.363 e. The molecule has 2 heterocycles. The molecule has 1 aliphatic rings. The van der Waals surface area contributed by atoms with Crippen LogP contribution in [0.5, 0.6) is 0 Å². The molecule has 22 heavy (non-hydrogen) atoms. The van der Waals surface area contributed by atoms with Gasteiger partial charge in [-0.15, -0.1) is 0 Å². The van der Waals surface area contributed by atoms with Crippen LogP contribution in [0.1, 0.15) is 30.6 Å². The van der Waals surface area contributed by atoms with E-state index in [1.165, 1.54) is 6.42 Å². The predicted molar refractivity (Wildman–Crippen MR) is 90.3 cm³/mol. The fourth-order valence-electron chi connectivity index (χ4n) is 2.89. The van der Waals surface area contributed by atoms with Crippen LogP contribution in [0.25, 0.3) is 0 Å². The zero-order valence-corrected chi connectivity index (χ0v) is 14.2. The van der Waals surface area contributed by atoms with E-state index >= 15 is 0 Å². The van der Waals surface area contributed by atoms with Crippen molar-refractivity contribution in [3.05, 3.63) is 23.9 Å². The predicted octanol–water partition coefficient (Wildman–Crippen LogP) is 1.86. The summed E-state index contributed by atoms with van der Waals surface area (Å²) in [5, 5.41) is 3.04. The van der Waals surface area contributed by atoms with E-state index in [1.807, 2.05) is 31.1 Å². The molecule has 0 spiro atoms. The van der Waals surface area contributed by atoms with E-state index in [0.29, 0.717) is 17.4 Å². The number of carbonyl (C=O) groups excluding carboxylic acids is 1. The van der Waals surface area contributed by atoms with Gasteiger partial charge in [0.25, 0.3) is 5.91 Å². The van der Waals surface area contributed by atoms with Crippen LogP contribution in [0, 0.1) is 11.8 Å². The lowest BCUT2D eigenvalue weighted by atomic mass is 10.1. The highest BCUT2D eigenvalue weighted by Gasteiger charge is 2.23. The summed E-state index contributed by atoms with van der Waals surface area (Å²) < 4.78 is 0.